The van der Waals surface area contributed by atoms with Gasteiger partial charge in [0.25, 0.3) is 0 Å². The molecular formula is C15H28N2. The number of hydrogen-bond acceptors (Lipinski definition) is 2. The van der Waals surface area contributed by atoms with Crippen molar-refractivity contribution < 1.29 is 0 Å². The lowest BCUT2D eigenvalue weighted by atomic mass is 9.87. The average molecular weight is 236 g/mol. The van der Waals surface area contributed by atoms with Gasteiger partial charge in [-0.05, 0) is 81.8 Å². The second kappa shape index (κ2) is 5.27. The highest BCUT2D eigenvalue weighted by Crippen LogP contribution is 2.48. The van der Waals surface area contributed by atoms with Crippen LogP contribution in [0.1, 0.15) is 44.9 Å². The van der Waals surface area contributed by atoms with Crippen LogP contribution in [0.4, 0.5) is 0 Å². The lowest BCUT2D eigenvalue weighted by Gasteiger charge is -2.35. The first-order chi connectivity index (χ1) is 8.35. The summed E-state index contributed by atoms with van der Waals surface area (Å²) in [7, 11) is 0. The molecule has 1 saturated heterocycles. The molecular weight excluding hydrogens is 208 g/mol. The largest absolute Gasteiger partial charge is 0.330 e. The van der Waals surface area contributed by atoms with E-state index in [0.29, 0.717) is 0 Å². The van der Waals surface area contributed by atoms with Crippen molar-refractivity contribution in [3.8, 4) is 0 Å². The summed E-state index contributed by atoms with van der Waals surface area (Å²) in [6, 6.07) is 0. The molecule has 2 aliphatic carbocycles. The van der Waals surface area contributed by atoms with Crippen molar-refractivity contribution in [3.05, 3.63) is 0 Å². The summed E-state index contributed by atoms with van der Waals surface area (Å²) in [5.74, 6) is 4.19. The topological polar surface area (TPSA) is 29.3 Å². The average Bonchev–Trinajstić information content (AvgIpc) is 2.94. The quantitative estimate of drug-likeness (QED) is 0.812. The summed E-state index contributed by atoms with van der Waals surface area (Å²) < 4.78 is 0. The number of rotatable bonds is 4. The van der Waals surface area contributed by atoms with Crippen LogP contribution in [0.15, 0.2) is 0 Å². The Hall–Kier alpha value is -0.0800. The molecule has 2 N–H and O–H groups in total. The first kappa shape index (κ1) is 12.0. The molecule has 3 rings (SSSR count). The van der Waals surface area contributed by atoms with Crippen molar-refractivity contribution in [1.82, 2.24) is 4.90 Å². The molecule has 3 fully saturated rings. The molecule has 0 aromatic carbocycles. The van der Waals surface area contributed by atoms with Gasteiger partial charge in [-0.25, -0.2) is 0 Å². The molecule has 3 aliphatic rings. The minimum atomic E-state index is 0.886. The van der Waals surface area contributed by atoms with Gasteiger partial charge in [0, 0.05) is 6.54 Å². The molecule has 2 heteroatoms. The Morgan fingerprint density at radius 3 is 2.41 bits per heavy atom. The summed E-state index contributed by atoms with van der Waals surface area (Å²) in [6.45, 7) is 4.99. The first-order valence-corrected chi connectivity index (χ1v) is 7.77. The Morgan fingerprint density at radius 2 is 1.82 bits per heavy atom. The SMILES string of the molecule is NCCC1CCN(CC2CC3CCC2C3)CC1. The summed E-state index contributed by atoms with van der Waals surface area (Å²) >= 11 is 0. The van der Waals surface area contributed by atoms with Crippen LogP contribution in [0.2, 0.25) is 0 Å². The lowest BCUT2D eigenvalue weighted by molar-refractivity contribution is 0.137. The van der Waals surface area contributed by atoms with Gasteiger partial charge in [0.2, 0.25) is 0 Å². The molecule has 98 valence electrons. The molecule has 0 aromatic heterocycles. The predicted octanol–water partition coefficient (Wildman–Crippen LogP) is 2.48. The van der Waals surface area contributed by atoms with Crippen LogP contribution in [0.3, 0.4) is 0 Å². The van der Waals surface area contributed by atoms with Crippen LogP contribution < -0.4 is 5.73 Å². The monoisotopic (exact) mass is 236 g/mol. The number of likely N-dealkylation sites (tertiary alicyclic amines) is 1. The third-order valence-electron chi connectivity index (χ3n) is 5.66. The molecule has 2 saturated carbocycles. The highest BCUT2D eigenvalue weighted by atomic mass is 15.1. The predicted molar refractivity (Wildman–Crippen MR) is 71.8 cm³/mol. The fourth-order valence-corrected chi connectivity index (χ4v) is 4.63. The van der Waals surface area contributed by atoms with Crippen LogP contribution in [0.5, 0.6) is 0 Å². The zero-order valence-corrected chi connectivity index (χ0v) is 11.1. The second-order valence-electron chi connectivity index (χ2n) is 6.76. The molecule has 2 bridgehead atoms. The third-order valence-corrected chi connectivity index (χ3v) is 5.66. The molecule has 0 amide bonds. The molecule has 3 atom stereocenters. The van der Waals surface area contributed by atoms with Gasteiger partial charge in [-0.3, -0.25) is 0 Å². The molecule has 1 heterocycles. The van der Waals surface area contributed by atoms with E-state index in [1.165, 1.54) is 38.9 Å². The van der Waals surface area contributed by atoms with Crippen molar-refractivity contribution in [3.63, 3.8) is 0 Å². The van der Waals surface area contributed by atoms with E-state index in [-0.39, 0.29) is 0 Å². The van der Waals surface area contributed by atoms with E-state index in [4.69, 9.17) is 5.73 Å². The second-order valence-corrected chi connectivity index (χ2v) is 6.76. The maximum absolute atomic E-state index is 5.65. The van der Waals surface area contributed by atoms with E-state index in [1.54, 1.807) is 25.7 Å². The highest BCUT2D eigenvalue weighted by molar-refractivity contribution is 4.91. The van der Waals surface area contributed by atoms with Gasteiger partial charge in [-0.15, -0.1) is 0 Å². The van der Waals surface area contributed by atoms with Gasteiger partial charge < -0.3 is 10.6 Å². The van der Waals surface area contributed by atoms with Crippen molar-refractivity contribution in [2.24, 2.45) is 29.4 Å². The normalized spacial score (nSPS) is 39.0. The van der Waals surface area contributed by atoms with Crippen LogP contribution in [0.25, 0.3) is 0 Å². The van der Waals surface area contributed by atoms with E-state index < -0.39 is 0 Å². The van der Waals surface area contributed by atoms with Crippen molar-refractivity contribution in [2.45, 2.75) is 44.9 Å². The maximum Gasteiger partial charge on any atom is 0.00124 e. The minimum Gasteiger partial charge on any atom is -0.330 e. The first-order valence-electron chi connectivity index (χ1n) is 7.77. The maximum atomic E-state index is 5.65. The molecule has 3 unspecified atom stereocenters. The van der Waals surface area contributed by atoms with Crippen molar-refractivity contribution in [1.29, 1.82) is 0 Å². The van der Waals surface area contributed by atoms with Gasteiger partial charge in [-0.2, -0.15) is 0 Å². The standard InChI is InChI=1S/C15H28N2/c16-6-3-12-4-7-17(8-5-12)11-15-10-13-1-2-14(15)9-13/h12-15H,1-11,16H2. The van der Waals surface area contributed by atoms with Gasteiger partial charge in [-0.1, -0.05) is 6.42 Å². The number of nitrogens with zero attached hydrogens (tertiary/aromatic N) is 1. The zero-order valence-electron chi connectivity index (χ0n) is 11.1. The molecule has 0 aromatic rings. The Morgan fingerprint density at radius 1 is 1.00 bits per heavy atom. The number of fused-ring (bicyclic) bond motifs is 2. The van der Waals surface area contributed by atoms with Gasteiger partial charge >= 0.3 is 0 Å². The Balaban J connectivity index is 1.42. The summed E-state index contributed by atoms with van der Waals surface area (Å²) in [4.78, 5) is 2.75. The van der Waals surface area contributed by atoms with Gasteiger partial charge in [0.1, 0.15) is 0 Å². The minimum absolute atomic E-state index is 0.886. The van der Waals surface area contributed by atoms with Crippen LogP contribution in [-0.2, 0) is 0 Å². The smallest absolute Gasteiger partial charge is 0.00124 e. The van der Waals surface area contributed by atoms with E-state index in [2.05, 4.69) is 4.90 Å². The zero-order chi connectivity index (χ0) is 11.7. The molecule has 1 aliphatic heterocycles. The van der Waals surface area contributed by atoms with E-state index >= 15 is 0 Å². The number of piperidine rings is 1. The van der Waals surface area contributed by atoms with Crippen molar-refractivity contribution >= 4 is 0 Å². The summed E-state index contributed by atoms with van der Waals surface area (Å²) in [5.41, 5.74) is 5.65. The van der Waals surface area contributed by atoms with Crippen molar-refractivity contribution in [2.75, 3.05) is 26.2 Å². The highest BCUT2D eigenvalue weighted by Gasteiger charge is 2.40. The molecule has 0 radical (unpaired) electrons. The number of hydrogen-bond donors (Lipinski definition) is 1. The summed E-state index contributed by atoms with van der Waals surface area (Å²) in [5, 5.41) is 0. The fourth-order valence-electron chi connectivity index (χ4n) is 4.63. The van der Waals surface area contributed by atoms with Crippen LogP contribution in [0, 0.1) is 23.7 Å². The van der Waals surface area contributed by atoms with Gasteiger partial charge in [0.05, 0.1) is 0 Å². The van der Waals surface area contributed by atoms with E-state index in [1.807, 2.05) is 0 Å². The lowest BCUT2D eigenvalue weighted by Crippen LogP contribution is -2.38. The third kappa shape index (κ3) is 2.68. The fraction of sp³-hybridized carbons (Fsp3) is 1.00. The Labute approximate surface area is 106 Å². The number of nitrogens with two attached hydrogens (primary N) is 1. The summed E-state index contributed by atoms with van der Waals surface area (Å²) in [6.07, 6.45) is 10.2. The Bertz CT molecular complexity index is 245. The Kier molecular flexibility index (Phi) is 3.72. The van der Waals surface area contributed by atoms with Crippen LogP contribution in [-0.4, -0.2) is 31.1 Å². The van der Waals surface area contributed by atoms with Crippen LogP contribution >= 0.6 is 0 Å². The van der Waals surface area contributed by atoms with E-state index in [0.717, 1.165) is 30.2 Å². The molecule has 17 heavy (non-hydrogen) atoms. The van der Waals surface area contributed by atoms with E-state index in [9.17, 15) is 0 Å². The van der Waals surface area contributed by atoms with Gasteiger partial charge in [0.15, 0.2) is 0 Å². The molecule has 2 nitrogen and oxygen atoms in total. The molecule has 0 spiro atoms.